The molecule has 1 aromatic heterocycles. The van der Waals surface area contributed by atoms with Gasteiger partial charge in [0, 0.05) is 11.9 Å². The summed E-state index contributed by atoms with van der Waals surface area (Å²) in [5, 5.41) is 5.21. The lowest BCUT2D eigenvalue weighted by Crippen LogP contribution is -2.14. The first-order valence-corrected chi connectivity index (χ1v) is 8.14. The summed E-state index contributed by atoms with van der Waals surface area (Å²) < 4.78 is 32.1. The van der Waals surface area contributed by atoms with Gasteiger partial charge in [-0.05, 0) is 36.4 Å². The van der Waals surface area contributed by atoms with Gasteiger partial charge < -0.3 is 15.4 Å². The van der Waals surface area contributed by atoms with Crippen LogP contribution in [0.2, 0.25) is 0 Å². The summed E-state index contributed by atoms with van der Waals surface area (Å²) >= 11 is 0. The summed E-state index contributed by atoms with van der Waals surface area (Å²) in [4.78, 5) is 27.9. The number of nitrogens with one attached hydrogen (secondary N) is 2. The number of anilines is 3. The van der Waals surface area contributed by atoms with Crippen LogP contribution in [-0.4, -0.2) is 24.0 Å². The van der Waals surface area contributed by atoms with E-state index in [9.17, 15) is 18.4 Å². The second-order valence-electron chi connectivity index (χ2n) is 5.71. The van der Waals surface area contributed by atoms with E-state index in [2.05, 4.69) is 20.4 Å². The summed E-state index contributed by atoms with van der Waals surface area (Å²) in [7, 11) is 1.28. The number of carbonyl (C=O) groups is 2. The zero-order valence-corrected chi connectivity index (χ0v) is 14.7. The normalized spacial score (nSPS) is 10.2. The third-order valence-electron chi connectivity index (χ3n) is 3.77. The molecule has 0 fully saturated rings. The first kappa shape index (κ1) is 19.0. The molecular formula is C20H15F2N3O3. The molecule has 3 aromatic rings. The number of halogens is 2. The van der Waals surface area contributed by atoms with Gasteiger partial charge in [-0.25, -0.2) is 13.6 Å². The number of amides is 1. The minimum Gasteiger partial charge on any atom is -0.465 e. The molecule has 0 radical (unpaired) electrons. The first-order chi connectivity index (χ1) is 13.5. The van der Waals surface area contributed by atoms with Gasteiger partial charge in [0.2, 0.25) is 0 Å². The lowest BCUT2D eigenvalue weighted by Gasteiger charge is -2.10. The molecule has 1 heterocycles. The molecule has 0 bridgehead atoms. The zero-order valence-electron chi connectivity index (χ0n) is 14.7. The Morgan fingerprint density at radius 1 is 0.929 bits per heavy atom. The van der Waals surface area contributed by atoms with E-state index in [1.807, 2.05) is 0 Å². The Bertz CT molecular complexity index is 1020. The highest BCUT2D eigenvalue weighted by Gasteiger charge is 2.14. The van der Waals surface area contributed by atoms with Gasteiger partial charge in [0.1, 0.15) is 17.3 Å². The van der Waals surface area contributed by atoms with Gasteiger partial charge >= 0.3 is 5.97 Å². The number of nitrogens with zero attached hydrogens (tertiary/aromatic N) is 1. The summed E-state index contributed by atoms with van der Waals surface area (Å²) in [6.45, 7) is 0. The Hall–Kier alpha value is -3.81. The number of pyridine rings is 1. The van der Waals surface area contributed by atoms with E-state index in [-0.39, 0.29) is 5.56 Å². The van der Waals surface area contributed by atoms with Crippen molar-refractivity contribution >= 4 is 28.9 Å². The second kappa shape index (κ2) is 8.26. The van der Waals surface area contributed by atoms with Crippen molar-refractivity contribution < 1.29 is 23.1 Å². The predicted octanol–water partition coefficient (Wildman–Crippen LogP) is 4.14. The topological polar surface area (TPSA) is 80.3 Å². The van der Waals surface area contributed by atoms with Crippen LogP contribution >= 0.6 is 0 Å². The van der Waals surface area contributed by atoms with E-state index >= 15 is 0 Å². The lowest BCUT2D eigenvalue weighted by atomic mass is 10.2. The molecule has 0 saturated carbocycles. The number of carbonyl (C=O) groups excluding carboxylic acids is 2. The number of rotatable bonds is 5. The fourth-order valence-corrected chi connectivity index (χ4v) is 2.44. The molecular weight excluding hydrogens is 368 g/mol. The summed E-state index contributed by atoms with van der Waals surface area (Å²) in [6, 6.07) is 11.3. The van der Waals surface area contributed by atoms with Crippen LogP contribution < -0.4 is 10.6 Å². The number of ether oxygens (including phenoxy) is 1. The molecule has 142 valence electrons. The van der Waals surface area contributed by atoms with E-state index in [0.717, 1.165) is 12.1 Å². The minimum absolute atomic E-state index is 0.0942. The molecule has 6 nitrogen and oxygen atoms in total. The largest absolute Gasteiger partial charge is 0.465 e. The van der Waals surface area contributed by atoms with Crippen molar-refractivity contribution in [1.29, 1.82) is 0 Å². The molecule has 28 heavy (non-hydrogen) atoms. The van der Waals surface area contributed by atoms with Crippen LogP contribution in [0.15, 0.2) is 60.9 Å². The van der Waals surface area contributed by atoms with Gasteiger partial charge in [-0.3, -0.25) is 9.78 Å². The number of hydrogen-bond donors (Lipinski definition) is 2. The molecule has 0 spiro atoms. The predicted molar refractivity (Wildman–Crippen MR) is 99.6 cm³/mol. The van der Waals surface area contributed by atoms with Gasteiger partial charge in [0.05, 0.1) is 30.1 Å². The molecule has 0 aliphatic carbocycles. The highest BCUT2D eigenvalue weighted by Crippen LogP contribution is 2.21. The van der Waals surface area contributed by atoms with Crippen LogP contribution in [0.25, 0.3) is 0 Å². The molecule has 3 rings (SSSR count). The third-order valence-corrected chi connectivity index (χ3v) is 3.77. The van der Waals surface area contributed by atoms with Crippen molar-refractivity contribution in [3.63, 3.8) is 0 Å². The molecule has 0 saturated heterocycles. The van der Waals surface area contributed by atoms with Crippen molar-refractivity contribution in [3.8, 4) is 0 Å². The Kier molecular flexibility index (Phi) is 5.59. The molecule has 0 atom stereocenters. The Morgan fingerprint density at radius 3 is 2.32 bits per heavy atom. The average molecular weight is 383 g/mol. The number of esters is 1. The van der Waals surface area contributed by atoms with Crippen LogP contribution in [0.4, 0.5) is 25.8 Å². The molecule has 0 unspecified atom stereocenters. The quantitative estimate of drug-likeness (QED) is 0.647. The minimum atomic E-state index is -0.879. The van der Waals surface area contributed by atoms with Crippen LogP contribution in [0.1, 0.15) is 20.7 Å². The fourth-order valence-electron chi connectivity index (χ4n) is 2.44. The van der Waals surface area contributed by atoms with Crippen LogP contribution in [0.3, 0.4) is 0 Å². The van der Waals surface area contributed by atoms with Crippen molar-refractivity contribution in [1.82, 2.24) is 4.98 Å². The second-order valence-corrected chi connectivity index (χ2v) is 5.71. The first-order valence-electron chi connectivity index (χ1n) is 8.14. The Balaban J connectivity index is 1.79. The van der Waals surface area contributed by atoms with E-state index < -0.39 is 29.2 Å². The molecule has 8 heteroatoms. The van der Waals surface area contributed by atoms with Gasteiger partial charge in [-0.15, -0.1) is 0 Å². The van der Waals surface area contributed by atoms with Crippen molar-refractivity contribution in [3.05, 3.63) is 83.7 Å². The SMILES string of the molecule is COC(=O)c1cccc(Nc2cncc(C(=O)Nc3c(F)cccc3F)c2)c1. The van der Waals surface area contributed by atoms with Crippen molar-refractivity contribution in [2.45, 2.75) is 0 Å². The molecule has 0 aliphatic heterocycles. The van der Waals surface area contributed by atoms with Gasteiger partial charge in [-0.1, -0.05) is 12.1 Å². The standard InChI is InChI=1S/C20H15F2N3O3/c1-28-20(27)12-4-2-5-14(8-12)24-15-9-13(10-23-11-15)19(26)25-18-16(21)6-3-7-17(18)22/h2-11,24H,1H3,(H,25,26). The van der Waals surface area contributed by atoms with Crippen LogP contribution in [-0.2, 0) is 4.74 Å². The molecule has 0 aliphatic rings. The molecule has 1 amide bonds. The van der Waals surface area contributed by atoms with Gasteiger partial charge in [0.25, 0.3) is 5.91 Å². The van der Waals surface area contributed by atoms with E-state index in [4.69, 9.17) is 0 Å². The highest BCUT2D eigenvalue weighted by atomic mass is 19.1. The van der Waals surface area contributed by atoms with Crippen LogP contribution in [0.5, 0.6) is 0 Å². The Labute approximate surface area is 159 Å². The maximum Gasteiger partial charge on any atom is 0.337 e. The summed E-state index contributed by atoms with van der Waals surface area (Å²) in [5.41, 5.74) is 0.934. The average Bonchev–Trinajstić information content (AvgIpc) is 2.70. The number of methoxy groups -OCH3 is 1. The number of aromatic nitrogens is 1. The number of benzene rings is 2. The highest BCUT2D eigenvalue weighted by molar-refractivity contribution is 6.04. The maximum absolute atomic E-state index is 13.7. The van der Waals surface area contributed by atoms with E-state index in [0.29, 0.717) is 16.9 Å². The summed E-state index contributed by atoms with van der Waals surface area (Å²) in [5.74, 6) is -2.96. The number of para-hydroxylation sites is 1. The molecule has 2 aromatic carbocycles. The fraction of sp³-hybridized carbons (Fsp3) is 0.0500. The molecule has 2 N–H and O–H groups in total. The van der Waals surface area contributed by atoms with Gasteiger partial charge in [0.15, 0.2) is 0 Å². The van der Waals surface area contributed by atoms with E-state index in [1.54, 1.807) is 24.3 Å². The Morgan fingerprint density at radius 2 is 1.61 bits per heavy atom. The van der Waals surface area contributed by atoms with Crippen molar-refractivity contribution in [2.75, 3.05) is 17.7 Å². The van der Waals surface area contributed by atoms with E-state index in [1.165, 1.54) is 31.6 Å². The summed E-state index contributed by atoms with van der Waals surface area (Å²) in [6.07, 6.45) is 2.73. The lowest BCUT2D eigenvalue weighted by molar-refractivity contribution is 0.0600. The monoisotopic (exact) mass is 383 g/mol. The van der Waals surface area contributed by atoms with Crippen molar-refractivity contribution in [2.24, 2.45) is 0 Å². The number of hydrogen-bond acceptors (Lipinski definition) is 5. The smallest absolute Gasteiger partial charge is 0.337 e. The maximum atomic E-state index is 13.7. The zero-order chi connectivity index (χ0) is 20.1. The third kappa shape index (κ3) is 4.29. The van der Waals surface area contributed by atoms with Gasteiger partial charge in [-0.2, -0.15) is 0 Å². The van der Waals surface area contributed by atoms with Crippen LogP contribution in [0, 0.1) is 11.6 Å².